The molecule has 13 heavy (non-hydrogen) atoms. The van der Waals surface area contributed by atoms with E-state index in [4.69, 9.17) is 0 Å². The van der Waals surface area contributed by atoms with Gasteiger partial charge in [0, 0.05) is 31.5 Å². The van der Waals surface area contributed by atoms with Gasteiger partial charge in [-0.15, -0.1) is 0 Å². The van der Waals surface area contributed by atoms with Gasteiger partial charge in [-0.2, -0.15) is 0 Å². The van der Waals surface area contributed by atoms with Crippen LogP contribution >= 0.6 is 0 Å². The maximum absolute atomic E-state index is 3.37. The van der Waals surface area contributed by atoms with Crippen molar-refractivity contribution in [2.24, 2.45) is 0 Å². The van der Waals surface area contributed by atoms with Crippen LogP contribution in [0.15, 0.2) is 24.3 Å². The fourth-order valence-corrected chi connectivity index (χ4v) is 1.21. The highest BCUT2D eigenvalue weighted by Gasteiger charge is 1.98. The van der Waals surface area contributed by atoms with E-state index in [0.717, 1.165) is 0 Å². The number of hydrogen-bond donors (Lipinski definition) is 1. The van der Waals surface area contributed by atoms with Gasteiger partial charge in [0.1, 0.15) is 0 Å². The highest BCUT2D eigenvalue weighted by atomic mass is 15.1. The molecule has 0 atom stereocenters. The van der Waals surface area contributed by atoms with E-state index in [9.17, 15) is 0 Å². The predicted octanol–water partition coefficient (Wildman–Crippen LogP) is 2.57. The summed E-state index contributed by atoms with van der Waals surface area (Å²) in [5, 5.41) is 3.37. The molecule has 0 radical (unpaired) electrons. The maximum atomic E-state index is 3.37. The van der Waals surface area contributed by atoms with Crippen molar-refractivity contribution in [2.45, 2.75) is 19.9 Å². The molecule has 0 spiro atoms. The first-order chi connectivity index (χ1) is 6.09. The molecule has 2 nitrogen and oxygen atoms in total. The molecule has 0 heterocycles. The Morgan fingerprint density at radius 3 is 2.46 bits per heavy atom. The lowest BCUT2D eigenvalue weighted by Gasteiger charge is -2.15. The van der Waals surface area contributed by atoms with Crippen LogP contribution in [-0.2, 0) is 0 Å². The quantitative estimate of drug-likeness (QED) is 0.765. The Kier molecular flexibility index (Phi) is 3.18. The highest BCUT2D eigenvalue weighted by molar-refractivity contribution is 5.57. The minimum absolute atomic E-state index is 0.484. The number of anilines is 2. The molecular weight excluding hydrogens is 160 g/mol. The molecule has 1 N–H and O–H groups in total. The predicted molar refractivity (Wildman–Crippen MR) is 59.5 cm³/mol. The van der Waals surface area contributed by atoms with Gasteiger partial charge in [-0.1, -0.05) is 6.07 Å². The van der Waals surface area contributed by atoms with Crippen LogP contribution in [0.2, 0.25) is 0 Å². The lowest BCUT2D eigenvalue weighted by atomic mass is 10.2. The lowest BCUT2D eigenvalue weighted by Crippen LogP contribution is -2.12. The Balaban J connectivity index is 2.79. The minimum Gasteiger partial charge on any atom is -0.383 e. The van der Waals surface area contributed by atoms with Crippen LogP contribution in [-0.4, -0.2) is 20.1 Å². The van der Waals surface area contributed by atoms with Crippen molar-refractivity contribution in [3.8, 4) is 0 Å². The van der Waals surface area contributed by atoms with Crippen LogP contribution in [0.25, 0.3) is 0 Å². The largest absolute Gasteiger partial charge is 0.383 e. The van der Waals surface area contributed by atoms with E-state index in [1.54, 1.807) is 0 Å². The first-order valence-electron chi connectivity index (χ1n) is 4.63. The molecule has 0 saturated heterocycles. The van der Waals surface area contributed by atoms with E-state index >= 15 is 0 Å². The van der Waals surface area contributed by atoms with Crippen LogP contribution in [0.5, 0.6) is 0 Å². The van der Waals surface area contributed by atoms with Gasteiger partial charge >= 0.3 is 0 Å². The second-order valence-corrected chi connectivity index (χ2v) is 3.74. The molecule has 2 heteroatoms. The summed E-state index contributed by atoms with van der Waals surface area (Å²) in [5.41, 5.74) is 2.41. The number of rotatable bonds is 3. The molecule has 0 aliphatic rings. The third kappa shape index (κ3) is 2.98. The van der Waals surface area contributed by atoms with Crippen LogP contribution < -0.4 is 10.2 Å². The fraction of sp³-hybridized carbons (Fsp3) is 0.455. The molecule has 0 aliphatic carbocycles. The topological polar surface area (TPSA) is 15.3 Å². The SMILES string of the molecule is CC(C)Nc1cccc(N(C)C)c1. The summed E-state index contributed by atoms with van der Waals surface area (Å²) in [6.45, 7) is 4.28. The van der Waals surface area contributed by atoms with Crippen molar-refractivity contribution in [1.82, 2.24) is 0 Å². The Morgan fingerprint density at radius 1 is 1.23 bits per heavy atom. The van der Waals surface area contributed by atoms with Gasteiger partial charge in [0.2, 0.25) is 0 Å². The van der Waals surface area contributed by atoms with Gasteiger partial charge < -0.3 is 10.2 Å². The van der Waals surface area contributed by atoms with Crippen molar-refractivity contribution in [3.05, 3.63) is 24.3 Å². The molecule has 0 amide bonds. The average molecular weight is 178 g/mol. The summed E-state index contributed by atoms with van der Waals surface area (Å²) in [5.74, 6) is 0. The minimum atomic E-state index is 0.484. The summed E-state index contributed by atoms with van der Waals surface area (Å²) >= 11 is 0. The first kappa shape index (κ1) is 9.90. The van der Waals surface area contributed by atoms with Gasteiger partial charge in [0.25, 0.3) is 0 Å². The summed E-state index contributed by atoms with van der Waals surface area (Å²) in [6, 6.07) is 8.90. The number of benzene rings is 1. The van der Waals surface area contributed by atoms with Crippen LogP contribution in [0.1, 0.15) is 13.8 Å². The van der Waals surface area contributed by atoms with Gasteiger partial charge in [-0.3, -0.25) is 0 Å². The zero-order chi connectivity index (χ0) is 9.84. The van der Waals surface area contributed by atoms with Crippen molar-refractivity contribution >= 4 is 11.4 Å². The molecule has 0 unspecified atom stereocenters. The van der Waals surface area contributed by atoms with E-state index in [1.165, 1.54) is 11.4 Å². The Labute approximate surface area is 80.6 Å². The van der Waals surface area contributed by atoms with Gasteiger partial charge in [0.05, 0.1) is 0 Å². The Hall–Kier alpha value is -1.18. The Morgan fingerprint density at radius 2 is 1.92 bits per heavy atom. The molecule has 1 aromatic rings. The van der Waals surface area contributed by atoms with Crippen molar-refractivity contribution in [3.63, 3.8) is 0 Å². The molecule has 0 aromatic heterocycles. The van der Waals surface area contributed by atoms with Crippen LogP contribution in [0, 0.1) is 0 Å². The fourth-order valence-electron chi connectivity index (χ4n) is 1.21. The molecule has 1 aromatic carbocycles. The van der Waals surface area contributed by atoms with E-state index in [2.05, 4.69) is 62.4 Å². The maximum Gasteiger partial charge on any atom is 0.0381 e. The van der Waals surface area contributed by atoms with Gasteiger partial charge in [-0.25, -0.2) is 0 Å². The second-order valence-electron chi connectivity index (χ2n) is 3.74. The summed E-state index contributed by atoms with van der Waals surface area (Å²) in [4.78, 5) is 2.10. The van der Waals surface area contributed by atoms with Gasteiger partial charge in [-0.05, 0) is 32.0 Å². The monoisotopic (exact) mass is 178 g/mol. The zero-order valence-electron chi connectivity index (χ0n) is 8.83. The normalized spacial score (nSPS) is 10.2. The molecule has 0 saturated carbocycles. The third-order valence-electron chi connectivity index (χ3n) is 1.82. The lowest BCUT2D eigenvalue weighted by molar-refractivity contribution is 0.899. The second kappa shape index (κ2) is 4.17. The van der Waals surface area contributed by atoms with Gasteiger partial charge in [0.15, 0.2) is 0 Å². The summed E-state index contributed by atoms with van der Waals surface area (Å²) in [7, 11) is 4.10. The molecule has 0 aliphatic heterocycles. The van der Waals surface area contributed by atoms with Crippen molar-refractivity contribution in [1.29, 1.82) is 0 Å². The molecular formula is C11H18N2. The van der Waals surface area contributed by atoms with E-state index < -0.39 is 0 Å². The number of nitrogens with zero attached hydrogens (tertiary/aromatic N) is 1. The third-order valence-corrected chi connectivity index (χ3v) is 1.82. The van der Waals surface area contributed by atoms with Crippen LogP contribution in [0.3, 0.4) is 0 Å². The standard InChI is InChI=1S/C11H18N2/c1-9(2)12-10-6-5-7-11(8-10)13(3)4/h5-9,12H,1-4H3. The first-order valence-corrected chi connectivity index (χ1v) is 4.63. The highest BCUT2D eigenvalue weighted by Crippen LogP contribution is 2.17. The smallest absolute Gasteiger partial charge is 0.0381 e. The molecule has 0 bridgehead atoms. The van der Waals surface area contributed by atoms with Crippen molar-refractivity contribution < 1.29 is 0 Å². The Bertz CT molecular complexity index is 267. The molecule has 1 rings (SSSR count). The number of hydrogen-bond acceptors (Lipinski definition) is 2. The van der Waals surface area contributed by atoms with E-state index in [0.29, 0.717) is 6.04 Å². The van der Waals surface area contributed by atoms with Crippen LogP contribution in [0.4, 0.5) is 11.4 Å². The van der Waals surface area contributed by atoms with Crippen molar-refractivity contribution in [2.75, 3.05) is 24.3 Å². The zero-order valence-corrected chi connectivity index (χ0v) is 8.83. The summed E-state index contributed by atoms with van der Waals surface area (Å²) < 4.78 is 0. The van der Waals surface area contributed by atoms with E-state index in [-0.39, 0.29) is 0 Å². The summed E-state index contributed by atoms with van der Waals surface area (Å²) in [6.07, 6.45) is 0. The average Bonchev–Trinajstić information content (AvgIpc) is 2.03. The van der Waals surface area contributed by atoms with E-state index in [1.807, 2.05) is 0 Å². The molecule has 0 fully saturated rings. The molecule has 72 valence electrons. The number of nitrogens with one attached hydrogen (secondary N) is 1.